The molecule has 22 N–H and O–H groups in total. The minimum absolute atomic E-state index is 0.0736. The summed E-state index contributed by atoms with van der Waals surface area (Å²) in [6, 6.07) is 4.51. The van der Waals surface area contributed by atoms with E-state index in [9.17, 15) is 62.3 Å². The fourth-order valence-corrected chi connectivity index (χ4v) is 11.5. The van der Waals surface area contributed by atoms with E-state index < -0.39 is 169 Å². The van der Waals surface area contributed by atoms with Crippen LogP contribution in [0.1, 0.15) is 121 Å². The molecule has 95 heavy (non-hydrogen) atoms. The molecule has 0 aromatic heterocycles. The normalized spacial score (nSPS) is 16.8. The topological polar surface area (TPSA) is 519 Å². The Hall–Kier alpha value is -8.91. The van der Waals surface area contributed by atoms with Gasteiger partial charge in [0.15, 0.2) is 5.96 Å². The molecule has 2 fully saturated rings. The summed E-state index contributed by atoms with van der Waals surface area (Å²) >= 11 is 1.45. The first-order valence-corrected chi connectivity index (χ1v) is 33.6. The largest absolute Gasteiger partial charge is 0.370 e. The number of rotatable bonds is 42. The summed E-state index contributed by atoms with van der Waals surface area (Å²) in [5, 5.41) is 21.1. The zero-order valence-corrected chi connectivity index (χ0v) is 55.3. The molecule has 0 radical (unpaired) electrons. The number of benzene rings is 2. The highest BCUT2D eigenvalue weighted by Gasteiger charge is 2.42. The summed E-state index contributed by atoms with van der Waals surface area (Å²) in [4.78, 5) is 185. The Morgan fingerprint density at radius 3 is 1.51 bits per heavy atom. The van der Waals surface area contributed by atoms with Crippen LogP contribution in [-0.2, 0) is 75.2 Å². The van der Waals surface area contributed by atoms with Crippen molar-refractivity contribution in [3.63, 3.8) is 0 Å². The van der Waals surface area contributed by atoms with Crippen molar-refractivity contribution < 1.29 is 62.3 Å². The molecule has 2 heterocycles. The van der Waals surface area contributed by atoms with Crippen molar-refractivity contribution >= 4 is 94.5 Å². The molecule has 0 bridgehead atoms. The second-order valence-electron chi connectivity index (χ2n) is 24.1. The first-order valence-electron chi connectivity index (χ1n) is 32.2. The van der Waals surface area contributed by atoms with Gasteiger partial charge in [0.25, 0.3) is 0 Å². The molecule has 0 unspecified atom stereocenters. The Bertz CT molecular complexity index is 2960. The summed E-state index contributed by atoms with van der Waals surface area (Å²) in [5.41, 5.74) is 40.6. The number of amides is 13. The van der Waals surface area contributed by atoms with Crippen molar-refractivity contribution in [3.05, 3.63) is 71.8 Å². The van der Waals surface area contributed by atoms with Crippen molar-refractivity contribution in [2.75, 3.05) is 44.7 Å². The third kappa shape index (κ3) is 27.5. The van der Waals surface area contributed by atoms with Crippen LogP contribution in [0.4, 0.5) is 0 Å². The minimum atomic E-state index is -1.64. The quantitative estimate of drug-likeness (QED) is 0.0173. The van der Waals surface area contributed by atoms with Crippen molar-refractivity contribution in [1.82, 2.24) is 52.3 Å². The fraction of sp³-hybridized carbons (Fsp3) is 0.587. The number of unbranched alkanes of at least 4 members (excludes halogenated alkanes) is 1. The minimum Gasteiger partial charge on any atom is -0.370 e. The number of nitrogens with one attached hydrogen (secondary N) is 8. The molecule has 31 nitrogen and oxygen atoms in total. The highest BCUT2D eigenvalue weighted by Crippen LogP contribution is 2.24. The first kappa shape index (κ1) is 78.5. The molecule has 0 spiro atoms. The molecule has 2 aromatic rings. The number of carbonyl (C=O) groups excluding carboxylic acids is 13. The number of hydrogen-bond donors (Lipinski definition) is 15. The lowest BCUT2D eigenvalue weighted by atomic mass is 10.0. The van der Waals surface area contributed by atoms with Crippen LogP contribution in [0.25, 0.3) is 0 Å². The van der Waals surface area contributed by atoms with Crippen LogP contribution in [0.3, 0.4) is 0 Å². The Morgan fingerprint density at radius 1 is 0.537 bits per heavy atom. The van der Waals surface area contributed by atoms with Crippen molar-refractivity contribution in [3.8, 4) is 0 Å². The van der Waals surface area contributed by atoms with E-state index in [4.69, 9.17) is 40.1 Å². The maximum Gasteiger partial charge on any atom is 0.245 e. The van der Waals surface area contributed by atoms with Gasteiger partial charge in [-0.15, -0.1) is 0 Å². The van der Waals surface area contributed by atoms with E-state index >= 15 is 0 Å². The van der Waals surface area contributed by atoms with E-state index in [2.05, 4.69) is 47.5 Å². The molecular formula is C63H98N18O13S. The number of hydrogen-bond acceptors (Lipinski definition) is 17. The van der Waals surface area contributed by atoms with Crippen LogP contribution in [0.5, 0.6) is 0 Å². The number of likely N-dealkylation sites (tertiary alicyclic amines) is 2. The number of guanidine groups is 1. The molecule has 2 aliphatic rings. The SMILES string of the molecule is CSCC[C@H](NC(=O)[C@H](CC(C)C)NC(=O)CNC(=O)[C@H](Cc1ccccc1)NC(=O)[C@H](Cc1ccccc1)NC(=O)[C@@H](CCC(N)=O)NC(=O)[C@H](CCC(N)=O)NC(=O)[C@@H]1CCCN1C(=O)[C@@H](CCCCN)NC(=O)[C@H]1CCCN1C(=O)[C@@H](N)CCCN=C(N)N)C(N)=O. The Balaban J connectivity index is 1.56. The number of primary amides is 3. The molecule has 4 rings (SSSR count). The summed E-state index contributed by atoms with van der Waals surface area (Å²) in [7, 11) is 0. The van der Waals surface area contributed by atoms with E-state index in [0.29, 0.717) is 55.4 Å². The Labute approximate surface area is 558 Å². The van der Waals surface area contributed by atoms with Crippen LogP contribution in [0.15, 0.2) is 65.7 Å². The third-order valence-electron chi connectivity index (χ3n) is 16.0. The highest BCUT2D eigenvalue weighted by atomic mass is 32.2. The van der Waals surface area contributed by atoms with Gasteiger partial charge < -0.3 is 92.5 Å². The maximum absolute atomic E-state index is 14.7. The van der Waals surface area contributed by atoms with Crippen molar-refractivity contribution in [1.29, 1.82) is 0 Å². The summed E-state index contributed by atoms with van der Waals surface area (Å²) in [6.07, 6.45) is 3.12. The molecule has 32 heteroatoms. The molecule has 0 aliphatic carbocycles. The standard InChI is InChI=1S/C63H98N18O13S/c1-37(2)33-45(57(89)74-41(53(68)85)27-32-95-3)73-52(84)36-72-54(86)46(34-38-15-6-4-7-16-38)78-58(90)47(35-39-17-8-5-9-18-39)79-56(88)42(23-25-50(66)82)75-55(87)43(24-26-51(67)83)76-59(91)49-22-14-31-81(49)62(94)44(20-10-11-28-64)77-60(92)48-21-13-30-80(48)61(93)40(65)19-12-29-71-63(69)70/h4-9,15-18,37,40-49H,10-14,19-36,64-65H2,1-3H3,(H2,66,82)(H2,67,83)(H2,68,85)(H,72,86)(H,73,84)(H,74,89)(H,75,87)(H,76,91)(H,77,92)(H,78,90)(H,79,88)(H4,69,70,71)/t40-,41-,42+,43-,44+,45-,46-,47-,48+,49-/m0/s1. The van der Waals surface area contributed by atoms with Gasteiger partial charge in [0.2, 0.25) is 76.8 Å². The molecule has 2 aromatic carbocycles. The maximum atomic E-state index is 14.7. The summed E-state index contributed by atoms with van der Waals surface area (Å²) < 4.78 is 0. The second-order valence-corrected chi connectivity index (χ2v) is 25.1. The van der Waals surface area contributed by atoms with Gasteiger partial charge in [-0.25, -0.2) is 0 Å². The summed E-state index contributed by atoms with van der Waals surface area (Å²) in [5.74, 6) is -9.80. The average molecular weight is 1350 g/mol. The van der Waals surface area contributed by atoms with Crippen molar-refractivity contribution in [2.24, 2.45) is 51.0 Å². The number of thioether (sulfide) groups is 1. The van der Waals surface area contributed by atoms with Gasteiger partial charge in [0, 0.05) is 45.3 Å². The van der Waals surface area contributed by atoms with E-state index in [1.54, 1.807) is 60.7 Å². The van der Waals surface area contributed by atoms with Gasteiger partial charge in [0.05, 0.1) is 12.6 Å². The predicted octanol–water partition coefficient (Wildman–Crippen LogP) is -3.71. The van der Waals surface area contributed by atoms with E-state index in [0.717, 1.165) is 0 Å². The van der Waals surface area contributed by atoms with Gasteiger partial charge in [-0.05, 0) is 119 Å². The van der Waals surface area contributed by atoms with E-state index in [1.165, 1.54) is 21.6 Å². The average Bonchev–Trinajstić information content (AvgIpc) is 1.74. The highest BCUT2D eigenvalue weighted by molar-refractivity contribution is 7.98. The van der Waals surface area contributed by atoms with Crippen LogP contribution >= 0.6 is 11.8 Å². The fourth-order valence-electron chi connectivity index (χ4n) is 11.0. The number of aliphatic imine (C=N–C) groups is 1. The van der Waals surface area contributed by atoms with Gasteiger partial charge in [-0.2, -0.15) is 11.8 Å². The van der Waals surface area contributed by atoms with Gasteiger partial charge in [-0.3, -0.25) is 67.3 Å². The van der Waals surface area contributed by atoms with E-state index in [-0.39, 0.29) is 83.0 Å². The lowest BCUT2D eigenvalue weighted by Crippen LogP contribution is -2.60. The predicted molar refractivity (Wildman–Crippen MR) is 356 cm³/mol. The molecule has 10 atom stereocenters. The van der Waals surface area contributed by atoms with Crippen LogP contribution < -0.4 is 82.7 Å². The van der Waals surface area contributed by atoms with E-state index in [1.807, 2.05) is 20.1 Å². The first-order chi connectivity index (χ1) is 45.2. The molecular weight excluding hydrogens is 1250 g/mol. The Morgan fingerprint density at radius 2 is 1.01 bits per heavy atom. The van der Waals surface area contributed by atoms with Crippen LogP contribution in [0, 0.1) is 5.92 Å². The lowest BCUT2D eigenvalue weighted by molar-refractivity contribution is -0.144. The van der Waals surface area contributed by atoms with Gasteiger partial charge in [-0.1, -0.05) is 74.5 Å². The zero-order chi connectivity index (χ0) is 70.1. The lowest BCUT2D eigenvalue weighted by Gasteiger charge is -2.32. The Kier molecular flexibility index (Phi) is 33.9. The molecule has 13 amide bonds. The monoisotopic (exact) mass is 1350 g/mol. The molecule has 2 saturated heterocycles. The van der Waals surface area contributed by atoms with Crippen LogP contribution in [0.2, 0.25) is 0 Å². The second kappa shape index (κ2) is 41.0. The third-order valence-corrected chi connectivity index (χ3v) is 16.7. The van der Waals surface area contributed by atoms with Gasteiger partial charge >= 0.3 is 0 Å². The zero-order valence-electron chi connectivity index (χ0n) is 54.5. The molecule has 0 saturated carbocycles. The van der Waals surface area contributed by atoms with Crippen LogP contribution in [-0.4, -0.2) is 198 Å². The molecule has 2 aliphatic heterocycles. The van der Waals surface area contributed by atoms with Crippen molar-refractivity contribution in [2.45, 2.75) is 183 Å². The molecule has 524 valence electrons. The summed E-state index contributed by atoms with van der Waals surface area (Å²) in [6.45, 7) is 3.86. The number of nitrogens with zero attached hydrogens (tertiary/aromatic N) is 3. The number of carbonyl (C=O) groups is 13. The smallest absolute Gasteiger partial charge is 0.245 e. The van der Waals surface area contributed by atoms with Gasteiger partial charge in [0.1, 0.15) is 54.4 Å². The number of nitrogens with two attached hydrogens (primary N) is 7.